The fourth-order valence-electron chi connectivity index (χ4n) is 2.38. The second kappa shape index (κ2) is 3.83. The van der Waals surface area contributed by atoms with E-state index < -0.39 is 0 Å². The number of nitrogens with zero attached hydrogens (tertiary/aromatic N) is 1. The average molecular weight is 215 g/mol. The van der Waals surface area contributed by atoms with Gasteiger partial charge in [0.1, 0.15) is 0 Å². The van der Waals surface area contributed by atoms with E-state index in [9.17, 15) is 0 Å². The number of fused-ring (bicyclic) bond motifs is 1. The molecule has 16 heavy (non-hydrogen) atoms. The molecule has 3 heteroatoms. The summed E-state index contributed by atoms with van der Waals surface area (Å²) in [6, 6.07) is 8.88. The van der Waals surface area contributed by atoms with Gasteiger partial charge in [0.2, 0.25) is 0 Å². The maximum atomic E-state index is 3.40. The summed E-state index contributed by atoms with van der Waals surface area (Å²) in [5.41, 5.74) is 3.80. The van der Waals surface area contributed by atoms with E-state index in [1.54, 1.807) is 0 Å². The van der Waals surface area contributed by atoms with Gasteiger partial charge in [-0.3, -0.25) is 0 Å². The Hall–Kier alpha value is -1.48. The molecular formula is C13H17N3. The number of aryl methyl sites for hydroxylation is 1. The van der Waals surface area contributed by atoms with Gasteiger partial charge in [0.25, 0.3) is 0 Å². The molecule has 1 fully saturated rings. The maximum Gasteiger partial charge on any atom is 0.0476 e. The standard InChI is InChI=1S/C13H17N3/c1-10-8-11-2-3-12(9-13(11)15-10)16-6-4-14-5-7-16/h2-3,8-9,14-15H,4-7H2,1H3. The van der Waals surface area contributed by atoms with Crippen molar-refractivity contribution in [2.24, 2.45) is 0 Å². The molecule has 0 radical (unpaired) electrons. The first-order valence-corrected chi connectivity index (χ1v) is 5.88. The molecule has 2 aromatic rings. The van der Waals surface area contributed by atoms with Gasteiger partial charge >= 0.3 is 0 Å². The van der Waals surface area contributed by atoms with E-state index in [-0.39, 0.29) is 0 Å². The predicted molar refractivity (Wildman–Crippen MR) is 68.1 cm³/mol. The quantitative estimate of drug-likeness (QED) is 0.761. The van der Waals surface area contributed by atoms with Crippen LogP contribution in [-0.2, 0) is 0 Å². The van der Waals surface area contributed by atoms with Gasteiger partial charge in [0.05, 0.1) is 0 Å². The number of aromatic amines is 1. The predicted octanol–water partition coefficient (Wildman–Crippen LogP) is 1.89. The molecule has 0 bridgehead atoms. The highest BCUT2D eigenvalue weighted by atomic mass is 15.2. The Morgan fingerprint density at radius 2 is 1.94 bits per heavy atom. The SMILES string of the molecule is Cc1cc2ccc(N3CCNCC3)cc2[nH]1. The normalized spacial score (nSPS) is 16.9. The minimum absolute atomic E-state index is 1.09. The summed E-state index contributed by atoms with van der Waals surface area (Å²) in [5.74, 6) is 0. The van der Waals surface area contributed by atoms with Gasteiger partial charge in [-0.2, -0.15) is 0 Å². The molecule has 0 unspecified atom stereocenters. The van der Waals surface area contributed by atoms with Crippen molar-refractivity contribution >= 4 is 16.6 Å². The molecule has 0 amide bonds. The lowest BCUT2D eigenvalue weighted by Gasteiger charge is -2.29. The first-order valence-electron chi connectivity index (χ1n) is 5.88. The molecule has 2 N–H and O–H groups in total. The summed E-state index contributed by atoms with van der Waals surface area (Å²) < 4.78 is 0. The van der Waals surface area contributed by atoms with Gasteiger partial charge in [-0.25, -0.2) is 0 Å². The monoisotopic (exact) mass is 215 g/mol. The molecular weight excluding hydrogens is 198 g/mol. The summed E-state index contributed by atoms with van der Waals surface area (Å²) in [5, 5.41) is 4.68. The van der Waals surface area contributed by atoms with Crippen LogP contribution in [0.4, 0.5) is 5.69 Å². The Balaban J connectivity index is 1.97. The maximum absolute atomic E-state index is 3.40. The van der Waals surface area contributed by atoms with Crippen LogP contribution in [-0.4, -0.2) is 31.2 Å². The van der Waals surface area contributed by atoms with Gasteiger partial charge in [0.15, 0.2) is 0 Å². The summed E-state index contributed by atoms with van der Waals surface area (Å²) in [6.45, 7) is 6.48. The fraction of sp³-hybridized carbons (Fsp3) is 0.385. The zero-order valence-corrected chi connectivity index (χ0v) is 9.59. The molecule has 3 nitrogen and oxygen atoms in total. The lowest BCUT2D eigenvalue weighted by molar-refractivity contribution is 0.589. The first-order chi connectivity index (χ1) is 7.83. The van der Waals surface area contributed by atoms with Crippen LogP contribution in [0.3, 0.4) is 0 Å². The van der Waals surface area contributed by atoms with Crippen LogP contribution in [0, 0.1) is 6.92 Å². The fourth-order valence-corrected chi connectivity index (χ4v) is 2.38. The lowest BCUT2D eigenvalue weighted by atomic mass is 10.2. The molecule has 0 spiro atoms. The lowest BCUT2D eigenvalue weighted by Crippen LogP contribution is -2.43. The zero-order valence-electron chi connectivity index (χ0n) is 9.59. The highest BCUT2D eigenvalue weighted by molar-refractivity contribution is 5.84. The van der Waals surface area contributed by atoms with Gasteiger partial charge in [0, 0.05) is 43.1 Å². The Kier molecular flexibility index (Phi) is 2.33. The van der Waals surface area contributed by atoms with E-state index in [0.717, 1.165) is 26.2 Å². The summed E-state index contributed by atoms with van der Waals surface area (Å²) in [6.07, 6.45) is 0. The first kappa shape index (κ1) is 9.73. The summed E-state index contributed by atoms with van der Waals surface area (Å²) >= 11 is 0. The van der Waals surface area contributed by atoms with E-state index in [1.807, 2.05) is 0 Å². The molecule has 1 aliphatic heterocycles. The third kappa shape index (κ3) is 1.67. The van der Waals surface area contributed by atoms with Crippen LogP contribution >= 0.6 is 0 Å². The van der Waals surface area contributed by atoms with E-state index >= 15 is 0 Å². The Labute approximate surface area is 95.5 Å². The van der Waals surface area contributed by atoms with E-state index in [2.05, 4.69) is 46.4 Å². The Morgan fingerprint density at radius 1 is 1.12 bits per heavy atom. The molecule has 3 rings (SSSR count). The number of benzene rings is 1. The molecule has 1 aliphatic rings. The number of hydrogen-bond donors (Lipinski definition) is 2. The van der Waals surface area contributed by atoms with E-state index in [4.69, 9.17) is 0 Å². The minimum Gasteiger partial charge on any atom is -0.369 e. The second-order valence-corrected chi connectivity index (χ2v) is 4.46. The molecule has 1 saturated heterocycles. The number of hydrogen-bond acceptors (Lipinski definition) is 2. The number of nitrogens with one attached hydrogen (secondary N) is 2. The van der Waals surface area contributed by atoms with Crippen molar-refractivity contribution in [2.75, 3.05) is 31.1 Å². The van der Waals surface area contributed by atoms with Crippen molar-refractivity contribution in [3.8, 4) is 0 Å². The third-order valence-corrected chi connectivity index (χ3v) is 3.22. The van der Waals surface area contributed by atoms with Crippen molar-refractivity contribution < 1.29 is 0 Å². The van der Waals surface area contributed by atoms with Crippen molar-refractivity contribution in [3.63, 3.8) is 0 Å². The molecule has 1 aromatic carbocycles. The molecule has 0 aliphatic carbocycles. The molecule has 0 atom stereocenters. The van der Waals surface area contributed by atoms with Gasteiger partial charge in [-0.15, -0.1) is 0 Å². The summed E-state index contributed by atoms with van der Waals surface area (Å²) in [4.78, 5) is 5.83. The van der Waals surface area contributed by atoms with Gasteiger partial charge in [-0.05, 0) is 30.5 Å². The molecule has 0 saturated carbocycles. The number of rotatable bonds is 1. The number of anilines is 1. The van der Waals surface area contributed by atoms with Crippen LogP contribution in [0.15, 0.2) is 24.3 Å². The molecule has 2 heterocycles. The molecule has 84 valence electrons. The van der Waals surface area contributed by atoms with Crippen LogP contribution in [0.25, 0.3) is 10.9 Å². The van der Waals surface area contributed by atoms with Gasteiger partial charge in [-0.1, -0.05) is 6.07 Å². The topological polar surface area (TPSA) is 31.1 Å². The zero-order chi connectivity index (χ0) is 11.0. The van der Waals surface area contributed by atoms with Crippen LogP contribution < -0.4 is 10.2 Å². The van der Waals surface area contributed by atoms with Crippen molar-refractivity contribution in [3.05, 3.63) is 30.0 Å². The van der Waals surface area contributed by atoms with Crippen molar-refractivity contribution in [2.45, 2.75) is 6.92 Å². The summed E-state index contributed by atoms with van der Waals surface area (Å²) in [7, 11) is 0. The average Bonchev–Trinajstić information content (AvgIpc) is 2.69. The Morgan fingerprint density at radius 3 is 2.75 bits per heavy atom. The van der Waals surface area contributed by atoms with Crippen LogP contribution in [0.5, 0.6) is 0 Å². The highest BCUT2D eigenvalue weighted by Crippen LogP contribution is 2.22. The highest BCUT2D eigenvalue weighted by Gasteiger charge is 2.10. The second-order valence-electron chi connectivity index (χ2n) is 4.46. The number of piperazine rings is 1. The molecule has 1 aromatic heterocycles. The van der Waals surface area contributed by atoms with Crippen LogP contribution in [0.1, 0.15) is 5.69 Å². The van der Waals surface area contributed by atoms with E-state index in [0.29, 0.717) is 0 Å². The van der Waals surface area contributed by atoms with Crippen LogP contribution in [0.2, 0.25) is 0 Å². The minimum atomic E-state index is 1.09. The third-order valence-electron chi connectivity index (χ3n) is 3.22. The van der Waals surface area contributed by atoms with Crippen molar-refractivity contribution in [1.82, 2.24) is 10.3 Å². The Bertz CT molecular complexity index is 495. The largest absolute Gasteiger partial charge is 0.369 e. The number of H-pyrrole nitrogens is 1. The van der Waals surface area contributed by atoms with Gasteiger partial charge < -0.3 is 15.2 Å². The smallest absolute Gasteiger partial charge is 0.0476 e. The van der Waals surface area contributed by atoms with E-state index in [1.165, 1.54) is 22.3 Å². The van der Waals surface area contributed by atoms with Crippen molar-refractivity contribution in [1.29, 1.82) is 0 Å². The number of aromatic nitrogens is 1.